The molecule has 2 rings (SSSR count). The van der Waals surface area contributed by atoms with Gasteiger partial charge in [-0.2, -0.15) is 0 Å². The first kappa shape index (κ1) is 12.3. The predicted octanol–water partition coefficient (Wildman–Crippen LogP) is 4.13. The molecule has 1 aromatic carbocycles. The normalized spacial score (nSPS) is 18.1. The highest BCUT2D eigenvalue weighted by atomic mass is 35.5. The Morgan fingerprint density at radius 3 is 2.94 bits per heavy atom. The molecule has 1 unspecified atom stereocenters. The van der Waals surface area contributed by atoms with E-state index in [0.29, 0.717) is 0 Å². The summed E-state index contributed by atoms with van der Waals surface area (Å²) in [6.45, 7) is 2.02. The standard InChI is InChI=1S/C14H12ClNS/c1-10-4-3-5-13(16-9-10)11-6-7-14(17-2)12(15)8-11/h5-10H,1-2H3. The lowest BCUT2D eigenvalue weighted by molar-refractivity contribution is 1.07. The summed E-state index contributed by atoms with van der Waals surface area (Å²) in [5.41, 5.74) is 1.88. The van der Waals surface area contributed by atoms with Crippen LogP contribution in [-0.2, 0) is 0 Å². The topological polar surface area (TPSA) is 12.4 Å². The molecule has 0 N–H and O–H groups in total. The van der Waals surface area contributed by atoms with E-state index in [4.69, 9.17) is 11.6 Å². The van der Waals surface area contributed by atoms with E-state index in [1.54, 1.807) is 11.8 Å². The van der Waals surface area contributed by atoms with Crippen LogP contribution in [-0.4, -0.2) is 12.5 Å². The van der Waals surface area contributed by atoms with Crippen LogP contribution in [0.5, 0.6) is 0 Å². The van der Waals surface area contributed by atoms with Crippen molar-refractivity contribution in [2.75, 3.05) is 6.26 Å². The predicted molar refractivity (Wildman–Crippen MR) is 76.6 cm³/mol. The van der Waals surface area contributed by atoms with Gasteiger partial charge in [0.1, 0.15) is 0 Å². The highest BCUT2D eigenvalue weighted by Crippen LogP contribution is 2.29. The summed E-state index contributed by atoms with van der Waals surface area (Å²) in [5.74, 6) is 6.28. The number of nitrogens with zero attached hydrogens (tertiary/aromatic N) is 1. The monoisotopic (exact) mass is 261 g/mol. The molecule has 86 valence electrons. The largest absolute Gasteiger partial charge is 0.259 e. The van der Waals surface area contributed by atoms with Crippen LogP contribution in [0.15, 0.2) is 34.2 Å². The van der Waals surface area contributed by atoms with Gasteiger partial charge in [0.15, 0.2) is 0 Å². The fourth-order valence-corrected chi connectivity index (χ4v) is 2.36. The highest BCUT2D eigenvalue weighted by molar-refractivity contribution is 7.98. The zero-order valence-corrected chi connectivity index (χ0v) is 11.3. The van der Waals surface area contributed by atoms with Crippen molar-refractivity contribution in [3.8, 4) is 11.8 Å². The average molecular weight is 262 g/mol. The molecule has 1 aliphatic rings. The molecule has 0 amide bonds. The van der Waals surface area contributed by atoms with Gasteiger partial charge in [-0.25, -0.2) is 0 Å². The number of aliphatic imine (C=N–C) groups is 1. The fourth-order valence-electron chi connectivity index (χ4n) is 1.49. The molecule has 0 bridgehead atoms. The average Bonchev–Trinajstić information content (AvgIpc) is 2.54. The lowest BCUT2D eigenvalue weighted by atomic mass is 10.1. The number of thioether (sulfide) groups is 1. The van der Waals surface area contributed by atoms with Crippen molar-refractivity contribution in [1.82, 2.24) is 0 Å². The molecular formula is C14H12ClNS. The van der Waals surface area contributed by atoms with Gasteiger partial charge in [-0.05, 0) is 25.3 Å². The molecule has 0 aromatic heterocycles. The maximum absolute atomic E-state index is 6.18. The second-order valence-electron chi connectivity index (χ2n) is 3.73. The van der Waals surface area contributed by atoms with E-state index in [1.807, 2.05) is 43.7 Å². The van der Waals surface area contributed by atoms with Gasteiger partial charge >= 0.3 is 0 Å². The van der Waals surface area contributed by atoms with Crippen LogP contribution < -0.4 is 0 Å². The van der Waals surface area contributed by atoms with Gasteiger partial charge in [0.2, 0.25) is 0 Å². The Labute approximate surface area is 111 Å². The van der Waals surface area contributed by atoms with Gasteiger partial charge in [0.25, 0.3) is 0 Å². The summed E-state index contributed by atoms with van der Waals surface area (Å²) in [6.07, 6.45) is 5.71. The SMILES string of the molecule is CSc1ccc(C2=CC#CC(C)C=N2)cc1Cl. The molecule has 0 spiro atoms. The van der Waals surface area contributed by atoms with Crippen LogP contribution in [0.1, 0.15) is 12.5 Å². The highest BCUT2D eigenvalue weighted by Gasteiger charge is 2.05. The van der Waals surface area contributed by atoms with E-state index >= 15 is 0 Å². The van der Waals surface area contributed by atoms with Gasteiger partial charge < -0.3 is 0 Å². The molecule has 1 aliphatic heterocycles. The smallest absolute Gasteiger partial charge is 0.0782 e. The number of hydrogen-bond acceptors (Lipinski definition) is 2. The first-order valence-electron chi connectivity index (χ1n) is 5.30. The van der Waals surface area contributed by atoms with Crippen molar-refractivity contribution < 1.29 is 0 Å². The Kier molecular flexibility index (Phi) is 3.93. The zero-order chi connectivity index (χ0) is 12.3. The van der Waals surface area contributed by atoms with Crippen LogP contribution in [0.25, 0.3) is 5.70 Å². The first-order valence-corrected chi connectivity index (χ1v) is 6.90. The van der Waals surface area contributed by atoms with Gasteiger partial charge in [0.05, 0.1) is 16.6 Å². The molecular weight excluding hydrogens is 250 g/mol. The summed E-state index contributed by atoms with van der Waals surface area (Å²) in [7, 11) is 0. The number of allylic oxidation sites excluding steroid dienone is 1. The van der Waals surface area contributed by atoms with Crippen LogP contribution in [0.3, 0.4) is 0 Å². The van der Waals surface area contributed by atoms with Crippen LogP contribution >= 0.6 is 23.4 Å². The summed E-state index contributed by atoms with van der Waals surface area (Å²) in [6, 6.07) is 5.98. The first-order chi connectivity index (χ1) is 8.20. The summed E-state index contributed by atoms with van der Waals surface area (Å²) < 4.78 is 0. The summed E-state index contributed by atoms with van der Waals surface area (Å²) >= 11 is 7.82. The van der Waals surface area contributed by atoms with Crippen molar-refractivity contribution in [1.29, 1.82) is 0 Å². The second kappa shape index (κ2) is 5.44. The molecule has 1 atom stereocenters. The van der Waals surface area contributed by atoms with E-state index in [9.17, 15) is 0 Å². The minimum absolute atomic E-state index is 0.199. The Morgan fingerprint density at radius 2 is 2.24 bits per heavy atom. The molecule has 3 heteroatoms. The number of rotatable bonds is 2. The quantitative estimate of drug-likeness (QED) is 0.576. The molecule has 1 aromatic rings. The van der Waals surface area contributed by atoms with Gasteiger partial charge in [0, 0.05) is 22.7 Å². The third-order valence-corrected chi connectivity index (χ3v) is 3.63. The number of benzene rings is 1. The number of hydrogen-bond donors (Lipinski definition) is 0. The van der Waals surface area contributed by atoms with Gasteiger partial charge in [-0.1, -0.05) is 29.5 Å². The van der Waals surface area contributed by atoms with Crippen molar-refractivity contribution in [3.05, 3.63) is 34.9 Å². The Balaban J connectivity index is 2.36. The van der Waals surface area contributed by atoms with Gasteiger partial charge in [-0.15, -0.1) is 11.8 Å². The minimum Gasteiger partial charge on any atom is -0.259 e. The summed E-state index contributed by atoms with van der Waals surface area (Å²) in [4.78, 5) is 5.49. The van der Waals surface area contributed by atoms with E-state index < -0.39 is 0 Å². The van der Waals surface area contributed by atoms with E-state index in [1.165, 1.54) is 0 Å². The Bertz CT molecular complexity index is 549. The molecule has 1 heterocycles. The second-order valence-corrected chi connectivity index (χ2v) is 4.99. The fraction of sp³-hybridized carbons (Fsp3) is 0.214. The molecule has 0 saturated heterocycles. The van der Waals surface area contributed by atoms with Crippen molar-refractivity contribution in [2.24, 2.45) is 10.9 Å². The lowest BCUT2D eigenvalue weighted by Crippen LogP contribution is -1.89. The van der Waals surface area contributed by atoms with Crippen molar-refractivity contribution in [3.63, 3.8) is 0 Å². The van der Waals surface area contributed by atoms with Crippen LogP contribution in [0.4, 0.5) is 0 Å². The van der Waals surface area contributed by atoms with E-state index in [0.717, 1.165) is 21.2 Å². The molecule has 0 saturated carbocycles. The molecule has 17 heavy (non-hydrogen) atoms. The maximum atomic E-state index is 6.18. The Morgan fingerprint density at radius 1 is 1.41 bits per heavy atom. The zero-order valence-electron chi connectivity index (χ0n) is 9.70. The minimum atomic E-state index is 0.199. The molecule has 0 radical (unpaired) electrons. The van der Waals surface area contributed by atoms with Crippen molar-refractivity contribution in [2.45, 2.75) is 11.8 Å². The third-order valence-electron chi connectivity index (χ3n) is 2.40. The molecule has 0 fully saturated rings. The van der Waals surface area contributed by atoms with Gasteiger partial charge in [-0.3, -0.25) is 4.99 Å². The molecule has 0 aliphatic carbocycles. The summed E-state index contributed by atoms with van der Waals surface area (Å²) in [5, 5.41) is 0.761. The maximum Gasteiger partial charge on any atom is 0.0782 e. The van der Waals surface area contributed by atoms with Crippen LogP contribution in [0, 0.1) is 17.8 Å². The molecule has 1 nitrogen and oxygen atoms in total. The van der Waals surface area contributed by atoms with E-state index in [2.05, 4.69) is 16.8 Å². The van der Waals surface area contributed by atoms with Crippen LogP contribution in [0.2, 0.25) is 5.02 Å². The number of halogens is 1. The van der Waals surface area contributed by atoms with Crippen molar-refractivity contribution >= 4 is 35.3 Å². The third kappa shape index (κ3) is 2.94. The lowest BCUT2D eigenvalue weighted by Gasteiger charge is -2.05. The Hall–Kier alpha value is -1.17. The van der Waals surface area contributed by atoms with E-state index in [-0.39, 0.29) is 5.92 Å².